The van der Waals surface area contributed by atoms with Gasteiger partial charge in [0.05, 0.1) is 18.1 Å². The van der Waals surface area contributed by atoms with Crippen molar-refractivity contribution >= 4 is 23.0 Å². The second-order valence-electron chi connectivity index (χ2n) is 7.72. The van der Waals surface area contributed by atoms with Crippen LogP contribution in [-0.4, -0.2) is 15.9 Å². The Balaban J connectivity index is 1.42. The van der Waals surface area contributed by atoms with Gasteiger partial charge >= 0.3 is 0 Å². The lowest BCUT2D eigenvalue weighted by Gasteiger charge is -2.12. The molecule has 1 fully saturated rings. The van der Waals surface area contributed by atoms with Crippen LogP contribution in [0, 0.1) is 12.8 Å². The molecule has 30 heavy (non-hydrogen) atoms. The first-order valence-corrected chi connectivity index (χ1v) is 10.0. The highest BCUT2D eigenvalue weighted by atomic mass is 16.1. The van der Waals surface area contributed by atoms with Crippen LogP contribution in [0.25, 0.3) is 0 Å². The summed E-state index contributed by atoms with van der Waals surface area (Å²) in [6, 6.07) is 13.4. The van der Waals surface area contributed by atoms with E-state index in [2.05, 4.69) is 27.2 Å². The van der Waals surface area contributed by atoms with Gasteiger partial charge in [-0.25, -0.2) is 9.97 Å². The fraction of sp³-hybridized carbons (Fsp3) is 0.208. The monoisotopic (exact) mass is 399 g/mol. The number of aromatic nitrogens is 2. The average Bonchev–Trinajstić information content (AvgIpc) is 3.56. The van der Waals surface area contributed by atoms with Crippen molar-refractivity contribution < 1.29 is 4.79 Å². The summed E-state index contributed by atoms with van der Waals surface area (Å²) in [4.78, 5) is 21.5. The number of amides is 1. The Labute approximate surface area is 176 Å². The first-order valence-electron chi connectivity index (χ1n) is 10.0. The molecule has 2 aromatic carbocycles. The smallest absolute Gasteiger partial charge is 0.256 e. The highest BCUT2D eigenvalue weighted by Crippen LogP contribution is 2.36. The van der Waals surface area contributed by atoms with Crippen LogP contribution in [0.2, 0.25) is 0 Å². The quantitative estimate of drug-likeness (QED) is 0.507. The Morgan fingerprint density at radius 3 is 2.57 bits per heavy atom. The highest BCUT2D eigenvalue weighted by molar-refractivity contribution is 6.05. The van der Waals surface area contributed by atoms with Gasteiger partial charge in [-0.15, -0.1) is 0 Å². The molecule has 1 aliphatic rings. The van der Waals surface area contributed by atoms with Crippen LogP contribution in [-0.2, 0) is 6.42 Å². The van der Waals surface area contributed by atoms with Crippen LogP contribution in [0.4, 0.5) is 17.1 Å². The predicted molar refractivity (Wildman–Crippen MR) is 120 cm³/mol. The SMILES string of the molecule is C=C(Nc1ccc(C)c(C(=O)Nc2cnc(Cc3cccc(N)c3)nc2)c1)C1CC1. The predicted octanol–water partition coefficient (Wildman–Crippen LogP) is 4.55. The summed E-state index contributed by atoms with van der Waals surface area (Å²) in [5.74, 6) is 1.02. The minimum Gasteiger partial charge on any atom is -0.399 e. The van der Waals surface area contributed by atoms with Gasteiger partial charge in [0, 0.05) is 29.1 Å². The van der Waals surface area contributed by atoms with E-state index in [4.69, 9.17) is 5.73 Å². The third-order valence-corrected chi connectivity index (χ3v) is 5.13. The highest BCUT2D eigenvalue weighted by Gasteiger charge is 2.24. The number of nitrogens with two attached hydrogens (primary N) is 1. The lowest BCUT2D eigenvalue weighted by Crippen LogP contribution is -2.14. The Hall–Kier alpha value is -3.67. The zero-order valence-electron chi connectivity index (χ0n) is 17.0. The molecule has 4 N–H and O–H groups in total. The molecule has 3 aromatic rings. The Kier molecular flexibility index (Phi) is 5.48. The fourth-order valence-corrected chi connectivity index (χ4v) is 3.26. The number of carbonyl (C=O) groups excluding carboxylic acids is 1. The molecule has 6 nitrogen and oxygen atoms in total. The molecule has 1 heterocycles. The number of hydrogen-bond acceptors (Lipinski definition) is 5. The lowest BCUT2D eigenvalue weighted by atomic mass is 10.1. The van der Waals surface area contributed by atoms with Gasteiger partial charge in [0.25, 0.3) is 5.91 Å². The minimum absolute atomic E-state index is 0.194. The zero-order valence-corrected chi connectivity index (χ0v) is 17.0. The molecular formula is C24H25N5O. The first kappa shape index (κ1) is 19.6. The maximum absolute atomic E-state index is 12.8. The number of nitrogens with one attached hydrogen (secondary N) is 2. The molecule has 0 spiro atoms. The van der Waals surface area contributed by atoms with E-state index in [0.717, 1.165) is 22.5 Å². The standard InChI is InChI=1S/C24H25N5O/c1-15-6-9-20(28-16(2)18-7-8-18)12-22(15)24(30)29-21-13-26-23(27-14-21)11-17-4-3-5-19(25)10-17/h3-6,9-10,12-14,18,28H,2,7-8,11,25H2,1H3,(H,29,30). The van der Waals surface area contributed by atoms with Crippen LogP contribution in [0.5, 0.6) is 0 Å². The van der Waals surface area contributed by atoms with Gasteiger partial charge in [0.2, 0.25) is 0 Å². The van der Waals surface area contributed by atoms with Gasteiger partial charge in [0.1, 0.15) is 5.82 Å². The molecule has 0 bridgehead atoms. The van der Waals surface area contributed by atoms with Crippen molar-refractivity contribution in [3.8, 4) is 0 Å². The van der Waals surface area contributed by atoms with E-state index >= 15 is 0 Å². The summed E-state index contributed by atoms with van der Waals surface area (Å²) in [7, 11) is 0. The summed E-state index contributed by atoms with van der Waals surface area (Å²) < 4.78 is 0. The van der Waals surface area contributed by atoms with Crippen LogP contribution in [0.15, 0.2) is 67.1 Å². The second kappa shape index (κ2) is 8.37. The van der Waals surface area contributed by atoms with Crippen LogP contribution in [0.3, 0.4) is 0 Å². The molecule has 0 radical (unpaired) electrons. The average molecular weight is 399 g/mol. The summed E-state index contributed by atoms with van der Waals surface area (Å²) in [5, 5.41) is 6.20. The third-order valence-electron chi connectivity index (χ3n) is 5.13. The minimum atomic E-state index is -0.194. The Morgan fingerprint density at radius 2 is 1.87 bits per heavy atom. The topological polar surface area (TPSA) is 92.9 Å². The number of hydrogen-bond donors (Lipinski definition) is 3. The summed E-state index contributed by atoms with van der Waals surface area (Å²) in [6.45, 7) is 6.00. The van der Waals surface area contributed by atoms with Gasteiger partial charge in [-0.3, -0.25) is 4.79 Å². The Morgan fingerprint density at radius 1 is 1.10 bits per heavy atom. The molecule has 6 heteroatoms. The first-order chi connectivity index (χ1) is 14.5. The van der Waals surface area contributed by atoms with Crippen LogP contribution < -0.4 is 16.4 Å². The van der Waals surface area contributed by atoms with E-state index in [-0.39, 0.29) is 5.91 Å². The molecule has 1 aliphatic carbocycles. The molecule has 1 amide bonds. The molecule has 1 aromatic heterocycles. The molecule has 4 rings (SSSR count). The van der Waals surface area contributed by atoms with Crippen molar-refractivity contribution in [2.24, 2.45) is 5.92 Å². The van der Waals surface area contributed by atoms with E-state index in [1.54, 1.807) is 12.4 Å². The normalized spacial score (nSPS) is 13.0. The van der Waals surface area contributed by atoms with E-state index in [1.807, 2.05) is 49.4 Å². The van der Waals surface area contributed by atoms with Crippen molar-refractivity contribution in [2.45, 2.75) is 26.2 Å². The number of benzene rings is 2. The van der Waals surface area contributed by atoms with Crippen LogP contribution in [0.1, 0.15) is 40.2 Å². The molecule has 0 unspecified atom stereocenters. The Bertz CT molecular complexity index is 1090. The van der Waals surface area contributed by atoms with Gasteiger partial charge in [-0.1, -0.05) is 24.8 Å². The maximum Gasteiger partial charge on any atom is 0.256 e. The van der Waals surface area contributed by atoms with Gasteiger partial charge in [-0.05, 0) is 61.1 Å². The van der Waals surface area contributed by atoms with Gasteiger partial charge in [-0.2, -0.15) is 0 Å². The fourth-order valence-electron chi connectivity index (χ4n) is 3.26. The van der Waals surface area contributed by atoms with E-state index in [0.29, 0.717) is 35.1 Å². The number of aryl methyl sites for hydroxylation is 1. The van der Waals surface area contributed by atoms with Crippen molar-refractivity contribution in [2.75, 3.05) is 16.4 Å². The number of anilines is 3. The molecule has 0 atom stereocenters. The number of nitrogen functional groups attached to an aromatic ring is 1. The lowest BCUT2D eigenvalue weighted by molar-refractivity contribution is 0.102. The van der Waals surface area contributed by atoms with Gasteiger partial charge in [0.15, 0.2) is 0 Å². The second-order valence-corrected chi connectivity index (χ2v) is 7.72. The zero-order chi connectivity index (χ0) is 21.1. The largest absolute Gasteiger partial charge is 0.399 e. The van der Waals surface area contributed by atoms with Crippen molar-refractivity contribution in [3.63, 3.8) is 0 Å². The van der Waals surface area contributed by atoms with Gasteiger partial charge < -0.3 is 16.4 Å². The summed E-state index contributed by atoms with van der Waals surface area (Å²) >= 11 is 0. The number of allylic oxidation sites excluding steroid dienone is 1. The third kappa shape index (κ3) is 4.84. The summed E-state index contributed by atoms with van der Waals surface area (Å²) in [6.07, 6.45) is 6.19. The molecule has 152 valence electrons. The molecule has 0 saturated heterocycles. The van der Waals surface area contributed by atoms with Crippen LogP contribution >= 0.6 is 0 Å². The summed E-state index contributed by atoms with van der Waals surface area (Å²) in [5.41, 5.74) is 11.5. The molecule has 0 aliphatic heterocycles. The van der Waals surface area contributed by atoms with Crippen molar-refractivity contribution in [3.05, 3.63) is 89.6 Å². The molecular weight excluding hydrogens is 374 g/mol. The number of rotatable bonds is 7. The van der Waals surface area contributed by atoms with E-state index in [1.165, 1.54) is 12.8 Å². The van der Waals surface area contributed by atoms with E-state index < -0.39 is 0 Å². The van der Waals surface area contributed by atoms with E-state index in [9.17, 15) is 4.79 Å². The van der Waals surface area contributed by atoms with Crippen molar-refractivity contribution in [1.29, 1.82) is 0 Å². The molecule has 1 saturated carbocycles. The number of carbonyl (C=O) groups is 1. The number of nitrogens with zero attached hydrogens (tertiary/aromatic N) is 2. The van der Waals surface area contributed by atoms with Crippen molar-refractivity contribution in [1.82, 2.24) is 9.97 Å². The maximum atomic E-state index is 12.8.